The van der Waals surface area contributed by atoms with Gasteiger partial charge in [0.25, 0.3) is 0 Å². The number of nitrogens with zero attached hydrogens (tertiary/aromatic N) is 2. The molecule has 1 saturated heterocycles. The fourth-order valence-electron chi connectivity index (χ4n) is 3.64. The van der Waals surface area contributed by atoms with Crippen LogP contribution in [0.15, 0.2) is 58.0 Å². The van der Waals surface area contributed by atoms with Gasteiger partial charge in [0.05, 0.1) is 5.02 Å². The quantitative estimate of drug-likeness (QED) is 0.539. The maximum Gasteiger partial charge on any atom is 0.244 e. The minimum atomic E-state index is -3.78. The molecule has 32 heavy (non-hydrogen) atoms. The lowest BCUT2D eigenvalue weighted by molar-refractivity contribution is -0.120. The summed E-state index contributed by atoms with van der Waals surface area (Å²) in [7, 11) is -3.78. The fraction of sp³-hybridized carbons (Fsp3) is 0.273. The van der Waals surface area contributed by atoms with Gasteiger partial charge in [0.15, 0.2) is 5.89 Å². The van der Waals surface area contributed by atoms with E-state index in [-0.39, 0.29) is 34.8 Å². The molecular weight excluding hydrogens is 473 g/mol. The van der Waals surface area contributed by atoms with E-state index in [2.05, 4.69) is 10.3 Å². The van der Waals surface area contributed by atoms with Gasteiger partial charge in [0.1, 0.15) is 16.9 Å². The molecule has 1 N–H and O–H groups in total. The Morgan fingerprint density at radius 3 is 2.44 bits per heavy atom. The molecule has 0 aliphatic carbocycles. The van der Waals surface area contributed by atoms with E-state index >= 15 is 0 Å². The smallest absolute Gasteiger partial charge is 0.244 e. The van der Waals surface area contributed by atoms with Crippen molar-refractivity contribution in [3.63, 3.8) is 0 Å². The highest BCUT2D eigenvalue weighted by Crippen LogP contribution is 2.31. The summed E-state index contributed by atoms with van der Waals surface area (Å²) in [5.41, 5.74) is 2.28. The van der Waals surface area contributed by atoms with Crippen molar-refractivity contribution in [1.29, 1.82) is 0 Å². The third-order valence-electron chi connectivity index (χ3n) is 5.40. The van der Waals surface area contributed by atoms with Crippen LogP contribution in [-0.2, 0) is 14.8 Å². The summed E-state index contributed by atoms with van der Waals surface area (Å²) in [6, 6.07) is 11.7. The molecular formula is C22H21Cl2N3O4S. The number of halogens is 2. The molecule has 1 aromatic heterocycles. The van der Waals surface area contributed by atoms with E-state index in [4.69, 9.17) is 27.6 Å². The predicted molar refractivity (Wildman–Crippen MR) is 123 cm³/mol. The number of hydrogen-bond acceptors (Lipinski definition) is 5. The van der Waals surface area contributed by atoms with Gasteiger partial charge < -0.3 is 9.73 Å². The SMILES string of the molecule is Cc1nc(-c2ccc(NC(=O)C3CCN(S(=O)(=O)c4cc(Cl)ccc4Cl)CC3)cc2)co1. The molecule has 168 valence electrons. The fourth-order valence-corrected chi connectivity index (χ4v) is 5.84. The van der Waals surface area contributed by atoms with Gasteiger partial charge in [0.2, 0.25) is 15.9 Å². The zero-order valence-corrected chi connectivity index (χ0v) is 19.5. The Morgan fingerprint density at radius 2 is 1.81 bits per heavy atom. The second kappa shape index (κ2) is 9.23. The van der Waals surface area contributed by atoms with Crippen molar-refractivity contribution in [2.75, 3.05) is 18.4 Å². The van der Waals surface area contributed by atoms with Crippen LogP contribution in [0.25, 0.3) is 11.3 Å². The number of amides is 1. The van der Waals surface area contributed by atoms with Crippen LogP contribution in [0.5, 0.6) is 0 Å². The highest BCUT2D eigenvalue weighted by atomic mass is 35.5. The molecule has 1 aliphatic rings. The Morgan fingerprint density at radius 1 is 1.12 bits per heavy atom. The molecule has 0 saturated carbocycles. The number of nitrogens with one attached hydrogen (secondary N) is 1. The highest BCUT2D eigenvalue weighted by Gasteiger charge is 2.33. The minimum absolute atomic E-state index is 0.0167. The molecule has 1 amide bonds. The van der Waals surface area contributed by atoms with E-state index in [9.17, 15) is 13.2 Å². The Hall–Kier alpha value is -2.39. The summed E-state index contributed by atoms with van der Waals surface area (Å²) < 4.78 is 32.5. The molecule has 4 rings (SSSR count). The summed E-state index contributed by atoms with van der Waals surface area (Å²) in [6.45, 7) is 2.24. The predicted octanol–water partition coefficient (Wildman–Crippen LogP) is 5.00. The Balaban J connectivity index is 1.37. The summed E-state index contributed by atoms with van der Waals surface area (Å²) in [5, 5.41) is 3.33. The van der Waals surface area contributed by atoms with Gasteiger partial charge in [-0.3, -0.25) is 4.79 Å². The lowest BCUT2D eigenvalue weighted by Crippen LogP contribution is -2.41. The van der Waals surface area contributed by atoms with Crippen LogP contribution < -0.4 is 5.32 Å². The summed E-state index contributed by atoms with van der Waals surface area (Å²) in [4.78, 5) is 17.0. The first-order valence-electron chi connectivity index (χ1n) is 10.0. The maximum absolute atomic E-state index is 12.9. The van der Waals surface area contributed by atoms with Crippen LogP contribution in [0.3, 0.4) is 0 Å². The van der Waals surface area contributed by atoms with Crippen LogP contribution in [0.4, 0.5) is 5.69 Å². The Bertz CT molecular complexity index is 1230. The second-order valence-corrected chi connectivity index (χ2v) is 10.3. The number of sulfonamides is 1. The summed E-state index contributed by atoms with van der Waals surface area (Å²) >= 11 is 12.0. The van der Waals surface area contributed by atoms with Crippen LogP contribution in [0.2, 0.25) is 10.0 Å². The number of hydrogen-bond donors (Lipinski definition) is 1. The van der Waals surface area contributed by atoms with Gasteiger partial charge in [-0.25, -0.2) is 13.4 Å². The van der Waals surface area contributed by atoms with Crippen molar-refractivity contribution in [3.8, 4) is 11.3 Å². The molecule has 0 bridgehead atoms. The van der Waals surface area contributed by atoms with Crippen molar-refractivity contribution in [3.05, 3.63) is 64.7 Å². The average molecular weight is 494 g/mol. The number of carbonyl (C=O) groups is 1. The number of carbonyl (C=O) groups excluding carboxylic acids is 1. The summed E-state index contributed by atoms with van der Waals surface area (Å²) in [6.07, 6.45) is 2.42. The minimum Gasteiger partial charge on any atom is -0.449 e. The van der Waals surface area contributed by atoms with Crippen molar-refractivity contribution in [2.24, 2.45) is 5.92 Å². The first-order chi connectivity index (χ1) is 15.2. The number of benzene rings is 2. The monoisotopic (exact) mass is 493 g/mol. The number of oxazole rings is 1. The lowest BCUT2D eigenvalue weighted by Gasteiger charge is -2.30. The van der Waals surface area contributed by atoms with Crippen LogP contribution in [0, 0.1) is 12.8 Å². The van der Waals surface area contributed by atoms with E-state index in [0.717, 1.165) is 11.3 Å². The first kappa shape index (κ1) is 22.8. The number of aryl methyl sites for hydroxylation is 1. The van der Waals surface area contributed by atoms with Crippen molar-refractivity contribution >= 4 is 44.8 Å². The molecule has 0 atom stereocenters. The lowest BCUT2D eigenvalue weighted by atomic mass is 9.97. The van der Waals surface area contributed by atoms with Gasteiger partial charge in [0, 0.05) is 42.2 Å². The van der Waals surface area contributed by atoms with Gasteiger partial charge in [-0.05, 0) is 43.2 Å². The number of piperidine rings is 1. The molecule has 10 heteroatoms. The second-order valence-electron chi connectivity index (χ2n) is 7.57. The molecule has 0 radical (unpaired) electrons. The van der Waals surface area contributed by atoms with Gasteiger partial charge in [-0.15, -0.1) is 0 Å². The van der Waals surface area contributed by atoms with E-state index in [1.165, 1.54) is 16.4 Å². The van der Waals surface area contributed by atoms with E-state index in [0.29, 0.717) is 29.4 Å². The molecule has 7 nitrogen and oxygen atoms in total. The molecule has 3 aromatic rings. The van der Waals surface area contributed by atoms with Gasteiger partial charge >= 0.3 is 0 Å². The largest absolute Gasteiger partial charge is 0.449 e. The number of aromatic nitrogens is 1. The topological polar surface area (TPSA) is 92.5 Å². The summed E-state index contributed by atoms with van der Waals surface area (Å²) in [5.74, 6) is 0.172. The third kappa shape index (κ3) is 4.83. The molecule has 0 spiro atoms. The van der Waals surface area contributed by atoms with Crippen LogP contribution in [-0.4, -0.2) is 36.7 Å². The Kier molecular flexibility index (Phi) is 6.57. The van der Waals surface area contributed by atoms with Crippen LogP contribution in [0.1, 0.15) is 18.7 Å². The normalized spacial score (nSPS) is 15.6. The molecule has 2 heterocycles. The average Bonchev–Trinajstić information content (AvgIpc) is 3.22. The third-order valence-corrected chi connectivity index (χ3v) is 8.02. The molecule has 2 aromatic carbocycles. The Labute approximate surface area is 196 Å². The first-order valence-corrected chi connectivity index (χ1v) is 12.2. The molecule has 1 aliphatic heterocycles. The number of rotatable bonds is 5. The van der Waals surface area contributed by atoms with Crippen molar-refractivity contribution < 1.29 is 17.6 Å². The van der Waals surface area contributed by atoms with Gasteiger partial charge in [-0.1, -0.05) is 35.3 Å². The maximum atomic E-state index is 12.9. The van der Waals surface area contributed by atoms with E-state index in [1.54, 1.807) is 31.4 Å². The van der Waals surface area contributed by atoms with Crippen molar-refractivity contribution in [1.82, 2.24) is 9.29 Å². The van der Waals surface area contributed by atoms with Crippen molar-refractivity contribution in [2.45, 2.75) is 24.7 Å². The molecule has 1 fully saturated rings. The number of anilines is 1. The molecule has 0 unspecified atom stereocenters. The standard InChI is InChI=1S/C22H21Cl2N3O4S/c1-14-25-20(13-31-14)15-2-5-18(6-3-15)26-22(28)16-8-10-27(11-9-16)32(29,30)21-12-17(23)4-7-19(21)24/h2-7,12-13,16H,8-11H2,1H3,(H,26,28). The zero-order chi connectivity index (χ0) is 22.9. The van der Waals surface area contributed by atoms with E-state index in [1.807, 2.05) is 12.1 Å². The zero-order valence-electron chi connectivity index (χ0n) is 17.2. The van der Waals surface area contributed by atoms with Gasteiger partial charge in [-0.2, -0.15) is 4.31 Å². The van der Waals surface area contributed by atoms with E-state index < -0.39 is 10.0 Å². The van der Waals surface area contributed by atoms with Crippen LogP contribution >= 0.6 is 23.2 Å². The highest BCUT2D eigenvalue weighted by molar-refractivity contribution is 7.89.